The first-order valence-corrected chi connectivity index (χ1v) is 6.09. The average Bonchev–Trinajstić information content (AvgIpc) is 2.31. The molecule has 0 saturated carbocycles. The van der Waals surface area contributed by atoms with E-state index in [0.717, 1.165) is 18.4 Å². The summed E-state index contributed by atoms with van der Waals surface area (Å²) in [5.41, 5.74) is 1.33. The van der Waals surface area contributed by atoms with Gasteiger partial charge in [0.1, 0.15) is 0 Å². The van der Waals surface area contributed by atoms with E-state index in [2.05, 4.69) is 13.8 Å². The van der Waals surface area contributed by atoms with E-state index in [1.54, 1.807) is 6.07 Å². The molecule has 1 atom stereocenters. The summed E-state index contributed by atoms with van der Waals surface area (Å²) in [6, 6.07) is 4.97. The molecule has 0 aromatic heterocycles. The number of benzene rings is 1. The highest BCUT2D eigenvalue weighted by Gasteiger charge is 2.18. The molecule has 0 saturated heterocycles. The first-order chi connectivity index (χ1) is 8.01. The lowest BCUT2D eigenvalue weighted by Gasteiger charge is -2.16. The van der Waals surface area contributed by atoms with Crippen LogP contribution in [0.25, 0.3) is 0 Å². The van der Waals surface area contributed by atoms with E-state index < -0.39 is 12.1 Å². The molecule has 0 amide bonds. The maximum absolute atomic E-state index is 10.6. The SMILES string of the molecule is CCC(CC)c1ccc(C(O)C(=O)O)cc1Cl. The Balaban J connectivity index is 3.05. The van der Waals surface area contributed by atoms with Gasteiger partial charge in [0.15, 0.2) is 6.10 Å². The molecule has 0 radical (unpaired) electrons. The summed E-state index contributed by atoms with van der Waals surface area (Å²) in [4.78, 5) is 10.6. The van der Waals surface area contributed by atoms with Crippen LogP contribution in [0.15, 0.2) is 18.2 Å². The van der Waals surface area contributed by atoms with Crippen LogP contribution in [0.5, 0.6) is 0 Å². The molecular weight excluding hydrogens is 240 g/mol. The lowest BCUT2D eigenvalue weighted by atomic mass is 9.92. The predicted octanol–water partition coefficient (Wildman–Crippen LogP) is 3.36. The summed E-state index contributed by atoms with van der Waals surface area (Å²) in [7, 11) is 0. The van der Waals surface area contributed by atoms with Gasteiger partial charge in [0.25, 0.3) is 0 Å². The molecule has 3 nitrogen and oxygen atoms in total. The number of hydrogen-bond acceptors (Lipinski definition) is 2. The van der Waals surface area contributed by atoms with Gasteiger partial charge >= 0.3 is 5.97 Å². The topological polar surface area (TPSA) is 57.5 Å². The number of carbonyl (C=O) groups is 1. The number of aliphatic hydroxyl groups excluding tert-OH is 1. The Labute approximate surface area is 106 Å². The quantitative estimate of drug-likeness (QED) is 0.849. The summed E-state index contributed by atoms with van der Waals surface area (Å²) >= 11 is 6.13. The second-order valence-corrected chi connectivity index (χ2v) is 4.44. The fourth-order valence-corrected chi connectivity index (χ4v) is 2.26. The first-order valence-electron chi connectivity index (χ1n) is 5.71. The van der Waals surface area contributed by atoms with E-state index >= 15 is 0 Å². The van der Waals surface area contributed by atoms with Crippen molar-refractivity contribution in [2.24, 2.45) is 0 Å². The van der Waals surface area contributed by atoms with Crippen molar-refractivity contribution in [1.29, 1.82) is 0 Å². The Kier molecular flexibility index (Phi) is 4.97. The molecule has 0 aliphatic heterocycles. The van der Waals surface area contributed by atoms with Crippen molar-refractivity contribution in [3.63, 3.8) is 0 Å². The van der Waals surface area contributed by atoms with Crippen LogP contribution in [-0.2, 0) is 4.79 Å². The van der Waals surface area contributed by atoms with Gasteiger partial charge in [-0.05, 0) is 36.0 Å². The lowest BCUT2D eigenvalue weighted by molar-refractivity contribution is -0.146. The third-order valence-electron chi connectivity index (χ3n) is 3.00. The number of carboxylic acid groups (broad SMARTS) is 1. The molecule has 0 fully saturated rings. The van der Waals surface area contributed by atoms with Gasteiger partial charge in [-0.2, -0.15) is 0 Å². The maximum Gasteiger partial charge on any atom is 0.337 e. The van der Waals surface area contributed by atoms with Crippen LogP contribution in [0, 0.1) is 0 Å². The minimum atomic E-state index is -1.51. The fraction of sp³-hybridized carbons (Fsp3) is 0.462. The molecule has 0 aliphatic carbocycles. The zero-order valence-electron chi connectivity index (χ0n) is 9.98. The summed E-state index contributed by atoms with van der Waals surface area (Å²) in [5, 5.41) is 18.6. The Morgan fingerprint density at radius 1 is 1.35 bits per heavy atom. The van der Waals surface area contributed by atoms with Crippen LogP contribution in [0.3, 0.4) is 0 Å². The molecule has 94 valence electrons. The van der Waals surface area contributed by atoms with Gasteiger partial charge in [0.05, 0.1) is 0 Å². The summed E-state index contributed by atoms with van der Waals surface area (Å²) in [5.74, 6) is -0.894. The highest BCUT2D eigenvalue weighted by Crippen LogP contribution is 2.31. The first kappa shape index (κ1) is 14.0. The Morgan fingerprint density at radius 3 is 2.35 bits per heavy atom. The summed E-state index contributed by atoms with van der Waals surface area (Å²) < 4.78 is 0. The summed E-state index contributed by atoms with van der Waals surface area (Å²) in [6.07, 6.45) is 0.455. The van der Waals surface area contributed by atoms with Gasteiger partial charge in [-0.25, -0.2) is 4.79 Å². The number of rotatable bonds is 5. The number of carboxylic acids is 1. The van der Waals surface area contributed by atoms with Crippen LogP contribution in [0.2, 0.25) is 5.02 Å². The van der Waals surface area contributed by atoms with Crippen LogP contribution in [-0.4, -0.2) is 16.2 Å². The number of aliphatic carboxylic acids is 1. The lowest BCUT2D eigenvalue weighted by Crippen LogP contribution is -2.10. The largest absolute Gasteiger partial charge is 0.479 e. The molecule has 0 spiro atoms. The smallest absolute Gasteiger partial charge is 0.337 e. The molecule has 1 rings (SSSR count). The van der Waals surface area contributed by atoms with Crippen LogP contribution in [0.1, 0.15) is 49.8 Å². The monoisotopic (exact) mass is 256 g/mol. The van der Waals surface area contributed by atoms with E-state index in [4.69, 9.17) is 16.7 Å². The molecule has 1 aromatic carbocycles. The highest BCUT2D eigenvalue weighted by molar-refractivity contribution is 6.31. The van der Waals surface area contributed by atoms with Gasteiger partial charge in [0.2, 0.25) is 0 Å². The van der Waals surface area contributed by atoms with Gasteiger partial charge < -0.3 is 10.2 Å². The molecule has 4 heteroatoms. The van der Waals surface area contributed by atoms with Gasteiger partial charge in [-0.1, -0.05) is 37.6 Å². The molecule has 0 aliphatic rings. The van der Waals surface area contributed by atoms with Crippen LogP contribution in [0.4, 0.5) is 0 Å². The van der Waals surface area contributed by atoms with Crippen LogP contribution >= 0.6 is 11.6 Å². The van der Waals surface area contributed by atoms with E-state index in [1.165, 1.54) is 6.07 Å². The zero-order valence-corrected chi connectivity index (χ0v) is 10.7. The Hall–Kier alpha value is -1.06. The number of halogens is 1. The van der Waals surface area contributed by atoms with Crippen molar-refractivity contribution in [1.82, 2.24) is 0 Å². The van der Waals surface area contributed by atoms with Gasteiger partial charge in [-0.3, -0.25) is 0 Å². The van der Waals surface area contributed by atoms with Crippen molar-refractivity contribution >= 4 is 17.6 Å². The molecule has 0 bridgehead atoms. The predicted molar refractivity (Wildman–Crippen MR) is 67.4 cm³/mol. The molecule has 2 N–H and O–H groups in total. The second kappa shape index (κ2) is 6.03. The highest BCUT2D eigenvalue weighted by atomic mass is 35.5. The Bertz CT molecular complexity index is 400. The molecule has 0 heterocycles. The van der Waals surface area contributed by atoms with Gasteiger partial charge in [0, 0.05) is 5.02 Å². The van der Waals surface area contributed by atoms with Gasteiger partial charge in [-0.15, -0.1) is 0 Å². The van der Waals surface area contributed by atoms with Crippen molar-refractivity contribution in [3.8, 4) is 0 Å². The average molecular weight is 257 g/mol. The number of hydrogen-bond donors (Lipinski definition) is 2. The van der Waals surface area contributed by atoms with Crippen molar-refractivity contribution in [3.05, 3.63) is 34.3 Å². The molecular formula is C13H17ClO3. The zero-order chi connectivity index (χ0) is 13.0. The minimum absolute atomic E-state index is 0.317. The van der Waals surface area contributed by atoms with Crippen LogP contribution < -0.4 is 0 Å². The molecule has 1 aromatic rings. The third kappa shape index (κ3) is 3.20. The Morgan fingerprint density at radius 2 is 1.94 bits per heavy atom. The van der Waals surface area contributed by atoms with E-state index in [0.29, 0.717) is 16.5 Å². The van der Waals surface area contributed by atoms with Crippen molar-refractivity contribution in [2.45, 2.75) is 38.7 Å². The summed E-state index contributed by atoms with van der Waals surface area (Å²) in [6.45, 7) is 4.18. The van der Waals surface area contributed by atoms with E-state index in [1.807, 2.05) is 6.07 Å². The molecule has 17 heavy (non-hydrogen) atoms. The fourth-order valence-electron chi connectivity index (χ4n) is 1.92. The minimum Gasteiger partial charge on any atom is -0.479 e. The number of aliphatic hydroxyl groups is 1. The maximum atomic E-state index is 10.6. The van der Waals surface area contributed by atoms with E-state index in [9.17, 15) is 9.90 Å². The normalized spacial score (nSPS) is 12.8. The van der Waals surface area contributed by atoms with Crippen molar-refractivity contribution < 1.29 is 15.0 Å². The van der Waals surface area contributed by atoms with Crippen molar-refractivity contribution in [2.75, 3.05) is 0 Å². The van der Waals surface area contributed by atoms with E-state index in [-0.39, 0.29) is 0 Å². The third-order valence-corrected chi connectivity index (χ3v) is 3.33. The standard InChI is InChI=1S/C13H17ClO3/c1-3-8(4-2)10-6-5-9(7-11(10)14)12(15)13(16)17/h5-8,12,15H,3-4H2,1-2H3,(H,16,17). The second-order valence-electron chi connectivity index (χ2n) is 4.04. The molecule has 1 unspecified atom stereocenters.